The summed E-state index contributed by atoms with van der Waals surface area (Å²) >= 11 is 0. The fourth-order valence-corrected chi connectivity index (χ4v) is 2.78. The standard InChI is InChI=1S/C14H18F3N5/c1-21-9-19-6-11(21)5-18-4-10-2-3-13-20-12(14(15,16)17)8-22(13)7-10/h6,8-10,18H,2-5,7H2,1H3. The van der Waals surface area contributed by atoms with Gasteiger partial charge in [-0.1, -0.05) is 0 Å². The van der Waals surface area contributed by atoms with Gasteiger partial charge in [-0.3, -0.25) is 0 Å². The Morgan fingerprint density at radius 2 is 2.23 bits per heavy atom. The van der Waals surface area contributed by atoms with Gasteiger partial charge in [0.1, 0.15) is 5.82 Å². The van der Waals surface area contributed by atoms with E-state index in [1.165, 1.54) is 0 Å². The molecule has 0 saturated carbocycles. The Kier molecular flexibility index (Phi) is 3.94. The second-order valence-electron chi connectivity index (χ2n) is 5.72. The number of hydrogen-bond donors (Lipinski definition) is 1. The lowest BCUT2D eigenvalue weighted by molar-refractivity contribution is -0.141. The Morgan fingerprint density at radius 3 is 2.91 bits per heavy atom. The molecule has 2 aromatic heterocycles. The first-order valence-electron chi connectivity index (χ1n) is 7.22. The minimum absolute atomic E-state index is 0.316. The zero-order valence-electron chi connectivity index (χ0n) is 12.3. The molecule has 8 heteroatoms. The number of imidazole rings is 2. The third-order valence-electron chi connectivity index (χ3n) is 4.04. The van der Waals surface area contributed by atoms with Crippen molar-refractivity contribution < 1.29 is 13.2 Å². The molecule has 1 atom stereocenters. The highest BCUT2D eigenvalue weighted by Crippen LogP contribution is 2.30. The van der Waals surface area contributed by atoms with Crippen LogP contribution in [0.5, 0.6) is 0 Å². The maximum atomic E-state index is 12.7. The van der Waals surface area contributed by atoms with E-state index in [4.69, 9.17) is 0 Å². The molecule has 3 heterocycles. The molecule has 0 spiro atoms. The number of alkyl halides is 3. The largest absolute Gasteiger partial charge is 0.434 e. The number of hydrogen-bond acceptors (Lipinski definition) is 3. The van der Waals surface area contributed by atoms with Crippen LogP contribution in [0.15, 0.2) is 18.7 Å². The van der Waals surface area contributed by atoms with Crippen LogP contribution in [-0.4, -0.2) is 25.6 Å². The molecule has 22 heavy (non-hydrogen) atoms. The molecule has 0 saturated heterocycles. The van der Waals surface area contributed by atoms with Gasteiger partial charge in [0.25, 0.3) is 0 Å². The summed E-state index contributed by atoms with van der Waals surface area (Å²) in [5.41, 5.74) is 0.296. The zero-order valence-corrected chi connectivity index (χ0v) is 12.3. The van der Waals surface area contributed by atoms with E-state index in [0.29, 0.717) is 31.3 Å². The van der Waals surface area contributed by atoms with E-state index in [1.807, 2.05) is 11.6 Å². The molecule has 0 fully saturated rings. The second kappa shape index (κ2) is 5.75. The molecular weight excluding hydrogens is 295 g/mol. The van der Waals surface area contributed by atoms with E-state index in [1.54, 1.807) is 17.1 Å². The van der Waals surface area contributed by atoms with Crippen LogP contribution in [0.2, 0.25) is 0 Å². The molecule has 3 rings (SSSR count). The van der Waals surface area contributed by atoms with E-state index in [9.17, 15) is 13.2 Å². The first kappa shape index (κ1) is 15.1. The molecule has 0 radical (unpaired) electrons. The van der Waals surface area contributed by atoms with Crippen LogP contribution in [0.4, 0.5) is 13.2 Å². The molecule has 2 aromatic rings. The zero-order chi connectivity index (χ0) is 15.7. The summed E-state index contributed by atoms with van der Waals surface area (Å²) < 4.78 is 41.6. The smallest absolute Gasteiger partial charge is 0.337 e. The van der Waals surface area contributed by atoms with Crippen molar-refractivity contribution in [1.82, 2.24) is 24.4 Å². The van der Waals surface area contributed by atoms with E-state index < -0.39 is 11.9 Å². The summed E-state index contributed by atoms with van der Waals surface area (Å²) in [6.45, 7) is 2.05. The van der Waals surface area contributed by atoms with Crippen molar-refractivity contribution in [3.63, 3.8) is 0 Å². The monoisotopic (exact) mass is 313 g/mol. The Balaban J connectivity index is 1.55. The molecule has 120 valence electrons. The molecule has 1 aliphatic rings. The van der Waals surface area contributed by atoms with Gasteiger partial charge in [0.15, 0.2) is 5.69 Å². The number of halogens is 3. The van der Waals surface area contributed by atoms with Crippen molar-refractivity contribution in [1.29, 1.82) is 0 Å². The van der Waals surface area contributed by atoms with Crippen LogP contribution < -0.4 is 5.32 Å². The highest BCUT2D eigenvalue weighted by molar-refractivity contribution is 5.10. The SMILES string of the molecule is Cn1cncc1CNCC1CCc2nc(C(F)(F)F)cn2C1. The summed E-state index contributed by atoms with van der Waals surface area (Å²) in [6.07, 6.45) is 1.76. The number of nitrogens with zero attached hydrogens (tertiary/aromatic N) is 4. The number of nitrogens with one attached hydrogen (secondary N) is 1. The minimum atomic E-state index is -4.36. The molecule has 1 N–H and O–H groups in total. The van der Waals surface area contributed by atoms with Crippen LogP contribution >= 0.6 is 0 Å². The Hall–Kier alpha value is -1.83. The van der Waals surface area contributed by atoms with Crippen LogP contribution in [0, 0.1) is 5.92 Å². The Morgan fingerprint density at radius 1 is 1.41 bits per heavy atom. The average Bonchev–Trinajstić information content (AvgIpc) is 3.04. The van der Waals surface area contributed by atoms with Crippen LogP contribution in [0.3, 0.4) is 0 Å². The maximum absolute atomic E-state index is 12.7. The van der Waals surface area contributed by atoms with Crippen LogP contribution in [0.25, 0.3) is 0 Å². The first-order chi connectivity index (χ1) is 10.4. The summed E-state index contributed by atoms with van der Waals surface area (Å²) in [5, 5.41) is 3.35. The first-order valence-corrected chi connectivity index (χ1v) is 7.22. The lowest BCUT2D eigenvalue weighted by atomic mass is 9.99. The molecular formula is C14H18F3N5. The van der Waals surface area contributed by atoms with Gasteiger partial charge in [0.2, 0.25) is 0 Å². The predicted octanol–water partition coefficient (Wildman–Crippen LogP) is 1.99. The third-order valence-corrected chi connectivity index (χ3v) is 4.04. The van der Waals surface area contributed by atoms with Gasteiger partial charge in [0.05, 0.1) is 12.0 Å². The van der Waals surface area contributed by atoms with Crippen molar-refractivity contribution in [3.05, 3.63) is 35.9 Å². The van der Waals surface area contributed by atoms with Crippen molar-refractivity contribution in [2.24, 2.45) is 13.0 Å². The molecule has 0 bridgehead atoms. The Labute approximate surface area is 126 Å². The molecule has 0 amide bonds. The van der Waals surface area contributed by atoms with E-state index in [0.717, 1.165) is 24.9 Å². The quantitative estimate of drug-likeness (QED) is 0.939. The molecule has 1 aliphatic heterocycles. The number of aromatic nitrogens is 4. The van der Waals surface area contributed by atoms with Crippen LogP contribution in [-0.2, 0) is 32.7 Å². The van der Waals surface area contributed by atoms with Gasteiger partial charge in [-0.2, -0.15) is 13.2 Å². The lowest BCUT2D eigenvalue weighted by Gasteiger charge is -2.24. The Bertz CT molecular complexity index is 643. The average molecular weight is 313 g/mol. The summed E-state index contributed by atoms with van der Waals surface area (Å²) in [6, 6.07) is 0. The number of rotatable bonds is 4. The normalized spacial score (nSPS) is 18.5. The fraction of sp³-hybridized carbons (Fsp3) is 0.571. The predicted molar refractivity (Wildman–Crippen MR) is 74.0 cm³/mol. The fourth-order valence-electron chi connectivity index (χ4n) is 2.78. The van der Waals surface area contributed by atoms with Gasteiger partial charge >= 0.3 is 6.18 Å². The molecule has 0 aliphatic carbocycles. The van der Waals surface area contributed by atoms with Crippen molar-refractivity contribution in [2.45, 2.75) is 32.1 Å². The highest BCUT2D eigenvalue weighted by atomic mass is 19.4. The minimum Gasteiger partial charge on any atom is -0.337 e. The van der Waals surface area contributed by atoms with Gasteiger partial charge < -0.3 is 14.5 Å². The van der Waals surface area contributed by atoms with Crippen molar-refractivity contribution in [3.8, 4) is 0 Å². The topological polar surface area (TPSA) is 47.7 Å². The van der Waals surface area contributed by atoms with E-state index in [2.05, 4.69) is 15.3 Å². The van der Waals surface area contributed by atoms with Crippen molar-refractivity contribution in [2.75, 3.05) is 6.54 Å². The molecule has 5 nitrogen and oxygen atoms in total. The van der Waals surface area contributed by atoms with E-state index >= 15 is 0 Å². The molecule has 1 unspecified atom stereocenters. The maximum Gasteiger partial charge on any atom is 0.434 e. The highest BCUT2D eigenvalue weighted by Gasteiger charge is 2.35. The van der Waals surface area contributed by atoms with Gasteiger partial charge in [0, 0.05) is 45.5 Å². The number of aryl methyl sites for hydroxylation is 2. The lowest BCUT2D eigenvalue weighted by Crippen LogP contribution is -2.30. The second-order valence-corrected chi connectivity index (χ2v) is 5.72. The van der Waals surface area contributed by atoms with Crippen LogP contribution in [0.1, 0.15) is 23.6 Å². The summed E-state index contributed by atoms with van der Waals surface area (Å²) in [4.78, 5) is 7.74. The van der Waals surface area contributed by atoms with Gasteiger partial charge in [-0.15, -0.1) is 0 Å². The van der Waals surface area contributed by atoms with Gasteiger partial charge in [-0.25, -0.2) is 9.97 Å². The molecule has 0 aromatic carbocycles. The third kappa shape index (κ3) is 3.16. The number of fused-ring (bicyclic) bond motifs is 1. The van der Waals surface area contributed by atoms with Crippen molar-refractivity contribution >= 4 is 0 Å². The van der Waals surface area contributed by atoms with Gasteiger partial charge in [-0.05, 0) is 12.3 Å². The van der Waals surface area contributed by atoms with E-state index in [-0.39, 0.29) is 0 Å². The summed E-state index contributed by atoms with van der Waals surface area (Å²) in [5.74, 6) is 0.853. The summed E-state index contributed by atoms with van der Waals surface area (Å²) in [7, 11) is 1.93.